The molecule has 0 aliphatic heterocycles. The first-order valence-electron chi connectivity index (χ1n) is 4.63. The Balaban J connectivity index is 3.33. The van der Waals surface area contributed by atoms with Crippen LogP contribution < -0.4 is 5.73 Å². The predicted molar refractivity (Wildman–Crippen MR) is 58.8 cm³/mol. The second-order valence-corrected chi connectivity index (χ2v) is 4.29. The van der Waals surface area contributed by atoms with Gasteiger partial charge in [0.1, 0.15) is 0 Å². The van der Waals surface area contributed by atoms with Crippen molar-refractivity contribution in [3.05, 3.63) is 0 Å². The van der Waals surface area contributed by atoms with E-state index in [9.17, 15) is 0 Å². The third-order valence-corrected chi connectivity index (χ3v) is 2.49. The highest BCUT2D eigenvalue weighted by Gasteiger charge is 2.04. The van der Waals surface area contributed by atoms with E-state index >= 15 is 0 Å². The van der Waals surface area contributed by atoms with Gasteiger partial charge in [-0.3, -0.25) is 0 Å². The van der Waals surface area contributed by atoms with Gasteiger partial charge in [0.15, 0.2) is 0 Å². The smallest absolute Gasteiger partial charge is 0.0175 e. The van der Waals surface area contributed by atoms with Crippen LogP contribution in [-0.2, 0) is 0 Å². The summed E-state index contributed by atoms with van der Waals surface area (Å²) in [5, 5.41) is 0. The predicted octanol–water partition coefficient (Wildman–Crippen LogP) is 1.41. The van der Waals surface area contributed by atoms with Crippen LogP contribution in [0.15, 0.2) is 0 Å². The molecule has 0 aromatic heterocycles. The molecule has 0 amide bonds. The SMILES string of the molecule is CCCN(C)CC(N)CCSC. The van der Waals surface area contributed by atoms with Crippen LogP contribution in [0.1, 0.15) is 19.8 Å². The van der Waals surface area contributed by atoms with Crippen molar-refractivity contribution in [2.45, 2.75) is 25.8 Å². The Labute approximate surface area is 80.9 Å². The molecule has 0 aromatic carbocycles. The number of thioether (sulfide) groups is 1. The molecule has 2 nitrogen and oxygen atoms in total. The van der Waals surface area contributed by atoms with Gasteiger partial charge in [-0.25, -0.2) is 0 Å². The van der Waals surface area contributed by atoms with Crippen LogP contribution in [0.4, 0.5) is 0 Å². The first kappa shape index (κ1) is 12.3. The zero-order valence-corrected chi connectivity index (χ0v) is 9.36. The first-order valence-corrected chi connectivity index (χ1v) is 6.03. The second kappa shape index (κ2) is 7.90. The Morgan fingerprint density at radius 2 is 2.17 bits per heavy atom. The lowest BCUT2D eigenvalue weighted by molar-refractivity contribution is 0.309. The van der Waals surface area contributed by atoms with Crippen LogP contribution in [-0.4, -0.2) is 43.1 Å². The number of nitrogens with two attached hydrogens (primary N) is 1. The molecule has 1 atom stereocenters. The molecule has 12 heavy (non-hydrogen) atoms. The molecular formula is C9H22N2S. The van der Waals surface area contributed by atoms with Gasteiger partial charge in [-0.1, -0.05) is 6.92 Å². The largest absolute Gasteiger partial charge is 0.327 e. The monoisotopic (exact) mass is 190 g/mol. The zero-order valence-electron chi connectivity index (χ0n) is 8.55. The maximum absolute atomic E-state index is 5.94. The minimum Gasteiger partial charge on any atom is -0.327 e. The van der Waals surface area contributed by atoms with E-state index in [1.165, 1.54) is 12.2 Å². The van der Waals surface area contributed by atoms with Crippen molar-refractivity contribution in [2.75, 3.05) is 32.1 Å². The number of rotatable bonds is 7. The fourth-order valence-corrected chi connectivity index (χ4v) is 1.77. The van der Waals surface area contributed by atoms with Gasteiger partial charge in [-0.15, -0.1) is 0 Å². The van der Waals surface area contributed by atoms with Crippen LogP contribution in [0.2, 0.25) is 0 Å². The summed E-state index contributed by atoms with van der Waals surface area (Å²) in [4.78, 5) is 2.31. The van der Waals surface area contributed by atoms with Crippen LogP contribution in [0.5, 0.6) is 0 Å². The van der Waals surface area contributed by atoms with E-state index in [4.69, 9.17) is 5.73 Å². The Bertz CT molecular complexity index is 98.5. The number of likely N-dealkylation sites (N-methyl/N-ethyl adjacent to an activating group) is 1. The number of hydrogen-bond donors (Lipinski definition) is 1. The van der Waals surface area contributed by atoms with Gasteiger partial charge < -0.3 is 10.6 Å². The van der Waals surface area contributed by atoms with Gasteiger partial charge >= 0.3 is 0 Å². The standard InChI is InChI=1S/C9H22N2S/c1-4-6-11(2)8-9(10)5-7-12-3/h9H,4-8,10H2,1-3H3. The van der Waals surface area contributed by atoms with E-state index in [-0.39, 0.29) is 0 Å². The summed E-state index contributed by atoms with van der Waals surface area (Å²) in [6.07, 6.45) is 4.48. The fourth-order valence-electron chi connectivity index (χ4n) is 1.23. The van der Waals surface area contributed by atoms with E-state index < -0.39 is 0 Å². The Morgan fingerprint density at radius 3 is 2.67 bits per heavy atom. The van der Waals surface area contributed by atoms with E-state index in [2.05, 4.69) is 25.1 Å². The molecule has 0 rings (SSSR count). The second-order valence-electron chi connectivity index (χ2n) is 3.30. The van der Waals surface area contributed by atoms with Crippen molar-refractivity contribution < 1.29 is 0 Å². The quantitative estimate of drug-likeness (QED) is 0.658. The van der Waals surface area contributed by atoms with Crippen LogP contribution in [0.3, 0.4) is 0 Å². The lowest BCUT2D eigenvalue weighted by Gasteiger charge is -2.20. The summed E-state index contributed by atoms with van der Waals surface area (Å²) in [7, 11) is 2.14. The average molecular weight is 190 g/mol. The van der Waals surface area contributed by atoms with Crippen molar-refractivity contribution in [3.8, 4) is 0 Å². The molecule has 0 bridgehead atoms. The van der Waals surface area contributed by atoms with Gasteiger partial charge in [0, 0.05) is 12.6 Å². The molecule has 0 heterocycles. The highest BCUT2D eigenvalue weighted by Crippen LogP contribution is 2.00. The van der Waals surface area contributed by atoms with Crippen molar-refractivity contribution >= 4 is 11.8 Å². The number of hydrogen-bond acceptors (Lipinski definition) is 3. The number of nitrogens with zero attached hydrogens (tertiary/aromatic N) is 1. The fraction of sp³-hybridized carbons (Fsp3) is 1.00. The van der Waals surface area contributed by atoms with E-state index in [1.54, 1.807) is 0 Å². The molecule has 0 aromatic rings. The summed E-state index contributed by atoms with van der Waals surface area (Å²) in [6.45, 7) is 4.39. The van der Waals surface area contributed by atoms with Crippen molar-refractivity contribution in [2.24, 2.45) is 5.73 Å². The molecular weight excluding hydrogens is 168 g/mol. The summed E-state index contributed by atoms with van der Waals surface area (Å²) < 4.78 is 0. The zero-order chi connectivity index (χ0) is 9.40. The van der Waals surface area contributed by atoms with Crippen molar-refractivity contribution in [1.29, 1.82) is 0 Å². The van der Waals surface area contributed by atoms with Crippen molar-refractivity contribution in [3.63, 3.8) is 0 Å². The topological polar surface area (TPSA) is 29.3 Å². The van der Waals surface area contributed by atoms with E-state index in [1.807, 2.05) is 11.8 Å². The normalized spacial score (nSPS) is 13.8. The minimum absolute atomic E-state index is 0.356. The molecule has 74 valence electrons. The molecule has 0 aliphatic rings. The summed E-state index contributed by atoms with van der Waals surface area (Å²) in [5.74, 6) is 1.18. The molecule has 0 radical (unpaired) electrons. The van der Waals surface area contributed by atoms with Gasteiger partial charge in [0.25, 0.3) is 0 Å². The molecule has 2 N–H and O–H groups in total. The highest BCUT2D eigenvalue weighted by atomic mass is 32.2. The maximum Gasteiger partial charge on any atom is 0.0175 e. The minimum atomic E-state index is 0.356. The maximum atomic E-state index is 5.94. The summed E-state index contributed by atoms with van der Waals surface area (Å²) >= 11 is 1.87. The molecule has 0 fully saturated rings. The third kappa shape index (κ3) is 6.95. The van der Waals surface area contributed by atoms with Crippen LogP contribution in [0, 0.1) is 0 Å². The molecule has 3 heteroatoms. The Hall–Kier alpha value is 0.270. The lowest BCUT2D eigenvalue weighted by atomic mass is 10.2. The first-order chi connectivity index (χ1) is 5.70. The highest BCUT2D eigenvalue weighted by molar-refractivity contribution is 7.98. The van der Waals surface area contributed by atoms with Crippen molar-refractivity contribution in [1.82, 2.24) is 4.90 Å². The molecule has 1 unspecified atom stereocenters. The molecule has 0 saturated carbocycles. The van der Waals surface area contributed by atoms with E-state index in [0.29, 0.717) is 6.04 Å². The van der Waals surface area contributed by atoms with Crippen LogP contribution in [0.25, 0.3) is 0 Å². The summed E-state index contributed by atoms with van der Waals surface area (Å²) in [6, 6.07) is 0.356. The van der Waals surface area contributed by atoms with E-state index in [0.717, 1.165) is 19.5 Å². The third-order valence-electron chi connectivity index (χ3n) is 1.84. The Kier molecular flexibility index (Phi) is 8.07. The summed E-state index contributed by atoms with van der Waals surface area (Å²) in [5.41, 5.74) is 5.94. The van der Waals surface area contributed by atoms with Gasteiger partial charge in [-0.05, 0) is 38.4 Å². The molecule has 0 saturated heterocycles. The molecule has 0 aliphatic carbocycles. The van der Waals surface area contributed by atoms with Gasteiger partial charge in [0.05, 0.1) is 0 Å². The van der Waals surface area contributed by atoms with Gasteiger partial charge in [0.2, 0.25) is 0 Å². The van der Waals surface area contributed by atoms with Crippen LogP contribution >= 0.6 is 11.8 Å². The molecule has 0 spiro atoms. The Morgan fingerprint density at radius 1 is 1.50 bits per heavy atom. The lowest BCUT2D eigenvalue weighted by Crippen LogP contribution is -2.36. The average Bonchev–Trinajstić information content (AvgIpc) is 2.01. The van der Waals surface area contributed by atoms with Gasteiger partial charge in [-0.2, -0.15) is 11.8 Å².